The molecular formula is C30H26N2O. The van der Waals surface area contributed by atoms with E-state index in [2.05, 4.69) is 82.3 Å². The van der Waals surface area contributed by atoms with Crippen molar-refractivity contribution in [2.24, 2.45) is 0 Å². The van der Waals surface area contributed by atoms with Gasteiger partial charge in [-0.2, -0.15) is 0 Å². The Bertz CT molecular complexity index is 1210. The molecule has 4 aromatic carbocycles. The maximum Gasteiger partial charge on any atom is 0.128 e. The zero-order valence-electron chi connectivity index (χ0n) is 18.5. The van der Waals surface area contributed by atoms with Crippen LogP contribution in [0.15, 0.2) is 134 Å². The Morgan fingerprint density at radius 2 is 0.939 bits per heavy atom. The van der Waals surface area contributed by atoms with E-state index < -0.39 is 11.1 Å². The van der Waals surface area contributed by atoms with Gasteiger partial charge in [0.2, 0.25) is 0 Å². The summed E-state index contributed by atoms with van der Waals surface area (Å²) in [4.78, 5) is 4.56. The van der Waals surface area contributed by atoms with Gasteiger partial charge in [0.25, 0.3) is 0 Å². The van der Waals surface area contributed by atoms with E-state index in [1.54, 1.807) is 6.20 Å². The van der Waals surface area contributed by atoms with Crippen molar-refractivity contribution in [1.82, 2.24) is 9.55 Å². The van der Waals surface area contributed by atoms with Crippen LogP contribution in [0.25, 0.3) is 0 Å². The number of aromatic nitrogens is 2. The van der Waals surface area contributed by atoms with Crippen molar-refractivity contribution < 1.29 is 5.11 Å². The molecule has 33 heavy (non-hydrogen) atoms. The van der Waals surface area contributed by atoms with E-state index in [0.717, 1.165) is 22.3 Å². The molecule has 0 fully saturated rings. The van der Waals surface area contributed by atoms with Gasteiger partial charge < -0.3 is 9.67 Å². The summed E-state index contributed by atoms with van der Waals surface area (Å²) < 4.78 is 2.12. The number of aliphatic hydroxyl groups is 1. The minimum atomic E-state index is -1.25. The van der Waals surface area contributed by atoms with Gasteiger partial charge in [0.05, 0.1) is 18.2 Å². The fourth-order valence-corrected chi connectivity index (χ4v) is 4.79. The van der Waals surface area contributed by atoms with E-state index in [1.807, 2.05) is 61.8 Å². The molecule has 0 spiro atoms. The summed E-state index contributed by atoms with van der Waals surface area (Å²) in [6.07, 6.45) is 3.61. The second-order valence-corrected chi connectivity index (χ2v) is 8.40. The monoisotopic (exact) mass is 430 g/mol. The van der Waals surface area contributed by atoms with Crippen LogP contribution < -0.4 is 0 Å². The SMILES string of the molecule is CC(O)(c1ccccc1)c1cncn1C(c1ccccc1)(c1ccccc1)c1ccccc1. The maximum absolute atomic E-state index is 11.9. The van der Waals surface area contributed by atoms with Crippen molar-refractivity contribution in [2.75, 3.05) is 0 Å². The molecule has 1 unspecified atom stereocenters. The normalized spacial score (nSPS) is 13.4. The number of hydrogen-bond donors (Lipinski definition) is 1. The third-order valence-electron chi connectivity index (χ3n) is 6.41. The zero-order valence-corrected chi connectivity index (χ0v) is 18.5. The average Bonchev–Trinajstić information content (AvgIpc) is 3.38. The van der Waals surface area contributed by atoms with E-state index >= 15 is 0 Å². The molecule has 0 saturated carbocycles. The molecule has 0 amide bonds. The van der Waals surface area contributed by atoms with Crippen molar-refractivity contribution in [1.29, 1.82) is 0 Å². The minimum absolute atomic E-state index is 0.713. The Balaban J connectivity index is 1.88. The number of rotatable bonds is 6. The molecule has 0 saturated heterocycles. The molecular weight excluding hydrogens is 404 g/mol. The van der Waals surface area contributed by atoms with Crippen LogP contribution in [0.2, 0.25) is 0 Å². The molecule has 3 heteroatoms. The number of nitrogens with zero attached hydrogens (tertiary/aromatic N) is 2. The molecule has 1 atom stereocenters. The summed E-state index contributed by atoms with van der Waals surface area (Å²) in [7, 11) is 0. The van der Waals surface area contributed by atoms with Crippen LogP contribution >= 0.6 is 0 Å². The molecule has 1 N–H and O–H groups in total. The molecule has 1 heterocycles. The summed E-state index contributed by atoms with van der Waals surface area (Å²) in [5.74, 6) is 0. The quantitative estimate of drug-likeness (QED) is 0.337. The van der Waals surface area contributed by atoms with E-state index in [9.17, 15) is 5.11 Å². The van der Waals surface area contributed by atoms with Gasteiger partial charge in [0.15, 0.2) is 0 Å². The van der Waals surface area contributed by atoms with Crippen LogP contribution in [-0.4, -0.2) is 14.7 Å². The van der Waals surface area contributed by atoms with Crippen molar-refractivity contribution in [3.8, 4) is 0 Å². The van der Waals surface area contributed by atoms with Gasteiger partial charge in [0, 0.05) is 0 Å². The summed E-state index contributed by atoms with van der Waals surface area (Å²) in [6, 6.07) is 41.0. The van der Waals surface area contributed by atoms with Crippen molar-refractivity contribution in [3.63, 3.8) is 0 Å². The van der Waals surface area contributed by atoms with E-state index in [0.29, 0.717) is 5.69 Å². The van der Waals surface area contributed by atoms with Crippen LogP contribution in [-0.2, 0) is 11.1 Å². The highest BCUT2D eigenvalue weighted by molar-refractivity contribution is 5.52. The lowest BCUT2D eigenvalue weighted by molar-refractivity contribution is 0.0906. The molecule has 0 aliphatic rings. The van der Waals surface area contributed by atoms with Crippen molar-refractivity contribution >= 4 is 0 Å². The molecule has 0 radical (unpaired) electrons. The molecule has 5 rings (SSSR count). The average molecular weight is 431 g/mol. The van der Waals surface area contributed by atoms with Crippen LogP contribution in [0.3, 0.4) is 0 Å². The molecule has 0 aliphatic heterocycles. The molecule has 3 nitrogen and oxygen atoms in total. The summed E-state index contributed by atoms with van der Waals surface area (Å²) in [5, 5.41) is 11.9. The van der Waals surface area contributed by atoms with E-state index in [1.165, 1.54) is 0 Å². The van der Waals surface area contributed by atoms with Crippen molar-refractivity contribution in [3.05, 3.63) is 162 Å². The number of benzene rings is 4. The van der Waals surface area contributed by atoms with Gasteiger partial charge in [-0.3, -0.25) is 0 Å². The summed E-state index contributed by atoms with van der Waals surface area (Å²) in [6.45, 7) is 1.83. The third-order valence-corrected chi connectivity index (χ3v) is 6.41. The van der Waals surface area contributed by atoms with Gasteiger partial charge in [-0.1, -0.05) is 121 Å². The molecule has 5 aromatic rings. The van der Waals surface area contributed by atoms with Gasteiger partial charge in [-0.25, -0.2) is 4.98 Å². The predicted octanol–water partition coefficient (Wildman–Crippen LogP) is 5.98. The van der Waals surface area contributed by atoms with Gasteiger partial charge in [0.1, 0.15) is 11.1 Å². The lowest BCUT2D eigenvalue weighted by Gasteiger charge is -2.40. The Kier molecular flexibility index (Phi) is 5.41. The van der Waals surface area contributed by atoms with Gasteiger partial charge in [-0.05, 0) is 29.2 Å². The molecule has 0 aliphatic carbocycles. The standard InChI is InChI=1S/C30H26N2O/c1-29(33,24-14-6-2-7-15-24)28-22-31-23-32(28)30(25-16-8-3-9-17-25,26-18-10-4-11-19-26)27-20-12-5-13-21-27/h2-23,33H,1H3. The topological polar surface area (TPSA) is 38.1 Å². The smallest absolute Gasteiger partial charge is 0.128 e. The second kappa shape index (κ2) is 8.53. The Morgan fingerprint density at radius 1 is 0.576 bits per heavy atom. The van der Waals surface area contributed by atoms with Crippen LogP contribution in [0.1, 0.15) is 34.9 Å². The largest absolute Gasteiger partial charge is 0.379 e. The first-order chi connectivity index (χ1) is 16.1. The second-order valence-electron chi connectivity index (χ2n) is 8.40. The third kappa shape index (κ3) is 3.47. The highest BCUT2D eigenvalue weighted by atomic mass is 16.3. The Morgan fingerprint density at radius 3 is 1.33 bits per heavy atom. The lowest BCUT2D eigenvalue weighted by Crippen LogP contribution is -2.41. The summed E-state index contributed by atoms with van der Waals surface area (Å²) in [5.41, 5.74) is 2.82. The maximum atomic E-state index is 11.9. The Hall–Kier alpha value is -3.95. The highest BCUT2D eigenvalue weighted by Crippen LogP contribution is 2.43. The minimum Gasteiger partial charge on any atom is -0.379 e. The first-order valence-corrected chi connectivity index (χ1v) is 11.1. The lowest BCUT2D eigenvalue weighted by atomic mass is 9.76. The first kappa shape index (κ1) is 20.9. The zero-order chi connectivity index (χ0) is 22.7. The molecule has 162 valence electrons. The van der Waals surface area contributed by atoms with Gasteiger partial charge in [-0.15, -0.1) is 0 Å². The van der Waals surface area contributed by atoms with Crippen molar-refractivity contribution in [2.45, 2.75) is 18.1 Å². The Labute approximate surface area is 194 Å². The van der Waals surface area contributed by atoms with E-state index in [4.69, 9.17) is 0 Å². The molecule has 1 aromatic heterocycles. The van der Waals surface area contributed by atoms with Crippen LogP contribution in [0, 0.1) is 0 Å². The highest BCUT2D eigenvalue weighted by Gasteiger charge is 2.42. The fraction of sp³-hybridized carbons (Fsp3) is 0.100. The van der Waals surface area contributed by atoms with Crippen LogP contribution in [0.4, 0.5) is 0 Å². The first-order valence-electron chi connectivity index (χ1n) is 11.1. The molecule has 0 bridgehead atoms. The fourth-order valence-electron chi connectivity index (χ4n) is 4.79. The van der Waals surface area contributed by atoms with Gasteiger partial charge >= 0.3 is 0 Å². The van der Waals surface area contributed by atoms with E-state index in [-0.39, 0.29) is 0 Å². The predicted molar refractivity (Wildman–Crippen MR) is 132 cm³/mol. The summed E-state index contributed by atoms with van der Waals surface area (Å²) >= 11 is 0. The van der Waals surface area contributed by atoms with Crippen LogP contribution in [0.5, 0.6) is 0 Å². The number of imidazole rings is 1. The number of hydrogen-bond acceptors (Lipinski definition) is 2.